The maximum absolute atomic E-state index is 6.38. The molecular weight excluding hydrogens is 310 g/mol. The van der Waals surface area contributed by atoms with Gasteiger partial charge in [0, 0.05) is 22.7 Å². The van der Waals surface area contributed by atoms with Gasteiger partial charge >= 0.3 is 0 Å². The molecule has 2 N–H and O–H groups in total. The predicted molar refractivity (Wildman–Crippen MR) is 94.7 cm³/mol. The van der Waals surface area contributed by atoms with Crippen LogP contribution in [0.15, 0.2) is 52.7 Å². The van der Waals surface area contributed by atoms with Gasteiger partial charge in [-0.1, -0.05) is 35.9 Å². The van der Waals surface area contributed by atoms with E-state index in [4.69, 9.17) is 22.1 Å². The summed E-state index contributed by atoms with van der Waals surface area (Å²) >= 11 is 6.38. The minimum atomic E-state index is 0.565. The van der Waals surface area contributed by atoms with Gasteiger partial charge < -0.3 is 10.5 Å². The summed E-state index contributed by atoms with van der Waals surface area (Å²) in [4.78, 5) is 0. The number of halogens is 1. The zero-order valence-corrected chi connectivity index (χ0v) is 13.7. The van der Waals surface area contributed by atoms with Crippen LogP contribution in [0.2, 0.25) is 5.02 Å². The van der Waals surface area contributed by atoms with E-state index in [0.717, 1.165) is 41.2 Å². The zero-order valence-electron chi connectivity index (χ0n) is 12.9. The highest BCUT2D eigenvalue weighted by Gasteiger charge is 2.14. The van der Waals surface area contributed by atoms with Crippen LogP contribution < -0.4 is 10.5 Å². The Kier molecular flexibility index (Phi) is 4.63. The van der Waals surface area contributed by atoms with Crippen LogP contribution in [0.4, 0.5) is 0 Å². The Morgan fingerprint density at radius 3 is 2.57 bits per heavy atom. The van der Waals surface area contributed by atoms with Crippen molar-refractivity contribution in [2.45, 2.75) is 26.2 Å². The average Bonchev–Trinajstić information content (AvgIpc) is 2.94. The van der Waals surface area contributed by atoms with Crippen molar-refractivity contribution >= 4 is 23.1 Å². The minimum absolute atomic E-state index is 0.565. The Bertz CT molecular complexity index is 784. The van der Waals surface area contributed by atoms with Crippen molar-refractivity contribution in [3.8, 4) is 11.5 Å². The molecule has 0 fully saturated rings. The van der Waals surface area contributed by atoms with Crippen LogP contribution in [0.1, 0.15) is 24.0 Å². The molecule has 1 aliphatic rings. The molecule has 0 aliphatic carbocycles. The van der Waals surface area contributed by atoms with E-state index in [9.17, 15) is 0 Å². The second-order valence-corrected chi connectivity index (χ2v) is 5.93. The highest BCUT2D eigenvalue weighted by molar-refractivity contribution is 6.31. The third-order valence-electron chi connectivity index (χ3n) is 3.76. The van der Waals surface area contributed by atoms with Gasteiger partial charge in [0.1, 0.15) is 17.3 Å². The molecule has 0 atom stereocenters. The van der Waals surface area contributed by atoms with Gasteiger partial charge in [0.2, 0.25) is 0 Å². The summed E-state index contributed by atoms with van der Waals surface area (Å²) in [6.45, 7) is 2.02. The van der Waals surface area contributed by atoms with E-state index in [0.29, 0.717) is 17.3 Å². The lowest BCUT2D eigenvalue weighted by Crippen LogP contribution is -2.12. The minimum Gasteiger partial charge on any atom is -0.457 e. The van der Waals surface area contributed by atoms with Crippen molar-refractivity contribution in [2.75, 3.05) is 0 Å². The molecule has 4 nitrogen and oxygen atoms in total. The van der Waals surface area contributed by atoms with Crippen LogP contribution in [0, 0.1) is 6.92 Å². The topological polar surface area (TPSA) is 60.0 Å². The van der Waals surface area contributed by atoms with Gasteiger partial charge in [0.15, 0.2) is 0 Å². The average molecular weight is 328 g/mol. The van der Waals surface area contributed by atoms with Gasteiger partial charge in [0.25, 0.3) is 0 Å². The summed E-state index contributed by atoms with van der Waals surface area (Å²) in [5.74, 6) is 2.18. The largest absolute Gasteiger partial charge is 0.457 e. The third-order valence-corrected chi connectivity index (χ3v) is 4.11. The van der Waals surface area contributed by atoms with Crippen LogP contribution in [0.3, 0.4) is 0 Å². The molecule has 5 heteroatoms. The van der Waals surface area contributed by atoms with E-state index in [1.165, 1.54) is 0 Å². The van der Waals surface area contributed by atoms with Crippen LogP contribution in [0.5, 0.6) is 11.5 Å². The Morgan fingerprint density at radius 2 is 1.83 bits per heavy atom. The first-order valence-electron chi connectivity index (χ1n) is 7.52. The number of para-hydroxylation sites is 1. The van der Waals surface area contributed by atoms with Crippen LogP contribution in [-0.2, 0) is 6.42 Å². The molecule has 0 amide bonds. The van der Waals surface area contributed by atoms with Gasteiger partial charge in [-0.15, -0.1) is 5.10 Å². The molecule has 0 radical (unpaired) electrons. The lowest BCUT2D eigenvalue weighted by Gasteiger charge is -2.14. The van der Waals surface area contributed by atoms with Gasteiger partial charge in [-0.2, -0.15) is 5.10 Å². The normalized spacial score (nSPS) is 13.7. The van der Waals surface area contributed by atoms with E-state index < -0.39 is 0 Å². The molecule has 2 aromatic carbocycles. The first-order valence-corrected chi connectivity index (χ1v) is 7.90. The van der Waals surface area contributed by atoms with E-state index in [1.54, 1.807) is 0 Å². The second-order valence-electron chi connectivity index (χ2n) is 5.52. The van der Waals surface area contributed by atoms with Crippen molar-refractivity contribution in [1.29, 1.82) is 0 Å². The maximum Gasteiger partial charge on any atom is 0.132 e. The molecule has 1 heterocycles. The Labute approximate surface area is 140 Å². The lowest BCUT2D eigenvalue weighted by atomic mass is 10.0. The smallest absolute Gasteiger partial charge is 0.132 e. The van der Waals surface area contributed by atoms with Gasteiger partial charge in [-0.05, 0) is 43.5 Å². The summed E-state index contributed by atoms with van der Waals surface area (Å²) < 4.78 is 6.08. The fraction of sp³-hybridized carbons (Fsp3) is 0.222. The molecule has 118 valence electrons. The number of amidine groups is 1. The summed E-state index contributed by atoms with van der Waals surface area (Å²) in [5.41, 5.74) is 8.69. The SMILES string of the molecule is Cc1ccccc1Oc1cccc(Cl)c1CCC1=NN=C(N)C1. The number of benzene rings is 2. The number of hydrogen-bond donors (Lipinski definition) is 1. The van der Waals surface area contributed by atoms with Crippen LogP contribution >= 0.6 is 11.6 Å². The number of nitrogens with zero attached hydrogens (tertiary/aromatic N) is 2. The monoisotopic (exact) mass is 327 g/mol. The zero-order chi connectivity index (χ0) is 16.2. The van der Waals surface area contributed by atoms with E-state index in [-0.39, 0.29) is 0 Å². The summed E-state index contributed by atoms with van der Waals surface area (Å²) in [6.07, 6.45) is 2.14. The molecule has 23 heavy (non-hydrogen) atoms. The van der Waals surface area contributed by atoms with E-state index in [2.05, 4.69) is 10.2 Å². The molecule has 0 bridgehead atoms. The Balaban J connectivity index is 1.78. The second kappa shape index (κ2) is 6.84. The molecular formula is C18H18ClN3O. The standard InChI is InChI=1S/C18H18ClN3O/c1-12-5-2-3-7-16(12)23-17-8-4-6-15(19)14(17)10-9-13-11-18(20)22-21-13/h2-8H,9-11H2,1H3,(H2,20,22). The maximum atomic E-state index is 6.38. The van der Waals surface area contributed by atoms with Crippen molar-refractivity contribution in [3.05, 3.63) is 58.6 Å². The van der Waals surface area contributed by atoms with Crippen molar-refractivity contribution in [1.82, 2.24) is 0 Å². The summed E-state index contributed by atoms with van der Waals surface area (Å²) in [6, 6.07) is 13.6. The summed E-state index contributed by atoms with van der Waals surface area (Å²) in [7, 11) is 0. The molecule has 3 rings (SSSR count). The molecule has 0 saturated carbocycles. The number of hydrogen-bond acceptors (Lipinski definition) is 4. The Hall–Kier alpha value is -2.33. The number of ether oxygens (including phenoxy) is 1. The predicted octanol–water partition coefficient (Wildman–Crippen LogP) is 4.49. The number of aryl methyl sites for hydroxylation is 1. The quantitative estimate of drug-likeness (QED) is 0.879. The fourth-order valence-electron chi connectivity index (χ4n) is 2.49. The van der Waals surface area contributed by atoms with Crippen molar-refractivity contribution < 1.29 is 4.74 Å². The molecule has 2 aromatic rings. The first kappa shape index (κ1) is 15.6. The molecule has 0 aromatic heterocycles. The summed E-state index contributed by atoms with van der Waals surface area (Å²) in [5, 5.41) is 8.65. The fourth-order valence-corrected chi connectivity index (χ4v) is 2.75. The van der Waals surface area contributed by atoms with Crippen LogP contribution in [-0.4, -0.2) is 11.5 Å². The molecule has 0 spiro atoms. The van der Waals surface area contributed by atoms with E-state index in [1.807, 2.05) is 49.4 Å². The molecule has 0 saturated heterocycles. The van der Waals surface area contributed by atoms with Crippen molar-refractivity contribution in [2.24, 2.45) is 15.9 Å². The Morgan fingerprint density at radius 1 is 1.04 bits per heavy atom. The molecule has 0 unspecified atom stereocenters. The number of rotatable bonds is 5. The van der Waals surface area contributed by atoms with Gasteiger partial charge in [-0.25, -0.2) is 0 Å². The van der Waals surface area contributed by atoms with Gasteiger partial charge in [-0.3, -0.25) is 0 Å². The lowest BCUT2D eigenvalue weighted by molar-refractivity contribution is 0.473. The first-order chi connectivity index (χ1) is 11.1. The number of nitrogens with two attached hydrogens (primary N) is 1. The third kappa shape index (κ3) is 3.71. The van der Waals surface area contributed by atoms with Gasteiger partial charge in [0.05, 0.1) is 0 Å². The highest BCUT2D eigenvalue weighted by Crippen LogP contribution is 2.33. The highest BCUT2D eigenvalue weighted by atomic mass is 35.5. The van der Waals surface area contributed by atoms with Crippen LogP contribution in [0.25, 0.3) is 0 Å². The van der Waals surface area contributed by atoms with E-state index >= 15 is 0 Å². The molecule has 1 aliphatic heterocycles. The van der Waals surface area contributed by atoms with Crippen molar-refractivity contribution in [3.63, 3.8) is 0 Å².